The monoisotopic (exact) mass is 198 g/mol. The second kappa shape index (κ2) is 3.80. The average Bonchev–Trinajstić information content (AvgIpc) is 2.05. The minimum absolute atomic E-state index is 0.263. The Bertz CT molecular complexity index is 186. The van der Waals surface area contributed by atoms with E-state index in [9.17, 15) is 5.11 Å². The van der Waals surface area contributed by atoms with Crippen LogP contribution in [0.15, 0.2) is 30.3 Å². The van der Waals surface area contributed by atoms with Crippen molar-refractivity contribution in [2.24, 2.45) is 0 Å². The summed E-state index contributed by atoms with van der Waals surface area (Å²) < 4.78 is 0. The molecule has 0 aliphatic carbocycles. The normalized spacial score (nSPS) is 13.0. The van der Waals surface area contributed by atoms with Gasteiger partial charge in [0, 0.05) is 0 Å². The summed E-state index contributed by atoms with van der Waals surface area (Å²) in [6.45, 7) is 0. The summed E-state index contributed by atoms with van der Waals surface area (Å²) in [4.78, 5) is 0. The minimum atomic E-state index is -0.263. The number of aliphatic hydroxyl groups is 1. The van der Waals surface area contributed by atoms with Gasteiger partial charge in [0.05, 0.1) is 0 Å². The van der Waals surface area contributed by atoms with E-state index in [0.717, 1.165) is 10.8 Å². The van der Waals surface area contributed by atoms with E-state index in [4.69, 9.17) is 0 Å². The van der Waals surface area contributed by atoms with Crippen LogP contribution in [0, 0.1) is 0 Å². The first kappa shape index (κ1) is 7.84. The fraction of sp³-hybridized carbons (Fsp3) is 0.250. The van der Waals surface area contributed by atoms with Crippen molar-refractivity contribution in [3.63, 3.8) is 0 Å². The summed E-state index contributed by atoms with van der Waals surface area (Å²) in [7, 11) is 0. The Labute approximate surface area is 69.6 Å². The number of hydrogen-bond donors (Lipinski definition) is 1. The maximum absolute atomic E-state index is 9.34. The molecule has 0 amide bonds. The molecule has 0 aliphatic heterocycles. The molecule has 1 rings (SSSR count). The molecule has 0 aliphatic rings. The molecule has 1 nitrogen and oxygen atoms in total. The van der Waals surface area contributed by atoms with Gasteiger partial charge >= 0.3 is 69.2 Å². The maximum atomic E-state index is 9.34. The van der Waals surface area contributed by atoms with Gasteiger partial charge in [-0.1, -0.05) is 0 Å². The van der Waals surface area contributed by atoms with Crippen LogP contribution < -0.4 is 0 Å². The van der Waals surface area contributed by atoms with Crippen LogP contribution in [-0.2, 0) is 0 Å². The Morgan fingerprint density at radius 2 is 1.90 bits per heavy atom. The molecule has 0 fully saturated rings. The molecule has 10 heavy (non-hydrogen) atoms. The number of hydrogen-bond acceptors (Lipinski definition) is 1. The molecule has 1 aromatic rings. The summed E-state index contributed by atoms with van der Waals surface area (Å²) in [5.74, 6) is 0. The molecule has 54 valence electrons. The first-order chi connectivity index (χ1) is 4.84. The van der Waals surface area contributed by atoms with Gasteiger partial charge in [-0.2, -0.15) is 0 Å². The van der Waals surface area contributed by atoms with E-state index in [-0.39, 0.29) is 6.10 Å². The molecule has 1 N–H and O–H groups in total. The van der Waals surface area contributed by atoms with Crippen LogP contribution in [-0.4, -0.2) is 22.0 Å². The Morgan fingerprint density at radius 3 is 2.40 bits per heavy atom. The topological polar surface area (TPSA) is 20.2 Å². The molecule has 0 bridgehead atoms. The third kappa shape index (κ3) is 1.86. The van der Waals surface area contributed by atoms with Crippen LogP contribution in [0.4, 0.5) is 0 Å². The van der Waals surface area contributed by atoms with Gasteiger partial charge in [0.25, 0.3) is 0 Å². The van der Waals surface area contributed by atoms with E-state index >= 15 is 0 Å². The summed E-state index contributed by atoms with van der Waals surface area (Å²) in [6, 6.07) is 9.74. The first-order valence-corrected chi connectivity index (χ1v) is 4.99. The Kier molecular flexibility index (Phi) is 2.98. The zero-order valence-corrected chi connectivity index (χ0v) is 8.12. The van der Waals surface area contributed by atoms with E-state index in [2.05, 4.69) is 0 Å². The van der Waals surface area contributed by atoms with Gasteiger partial charge in [0.1, 0.15) is 0 Å². The van der Waals surface area contributed by atoms with E-state index in [1.165, 1.54) is 0 Å². The Morgan fingerprint density at radius 1 is 1.30 bits per heavy atom. The molecule has 0 saturated carbocycles. The SMILES string of the molecule is OC(C[AsH2])c1ccccc1. The zero-order valence-electron chi connectivity index (χ0n) is 5.70. The summed E-state index contributed by atoms with van der Waals surface area (Å²) in [5.41, 5.74) is 1.02. The van der Waals surface area contributed by atoms with Gasteiger partial charge in [-0.15, -0.1) is 0 Å². The summed E-state index contributed by atoms with van der Waals surface area (Å²) in [6.07, 6.45) is -0.263. The molecule has 0 heterocycles. The van der Waals surface area contributed by atoms with E-state index < -0.39 is 0 Å². The number of aliphatic hydroxyl groups excluding tert-OH is 1. The molecular formula is C8H11AsO. The Balaban J connectivity index is 2.75. The molecule has 0 aromatic heterocycles. The van der Waals surface area contributed by atoms with Crippen molar-refractivity contribution < 1.29 is 5.11 Å². The molecule has 0 saturated heterocycles. The van der Waals surface area contributed by atoms with Gasteiger partial charge in [0.2, 0.25) is 0 Å². The third-order valence-corrected chi connectivity index (χ3v) is 2.34. The first-order valence-electron chi connectivity index (χ1n) is 3.27. The van der Waals surface area contributed by atoms with E-state index in [1.807, 2.05) is 30.3 Å². The predicted molar refractivity (Wildman–Crippen MR) is 44.8 cm³/mol. The summed E-state index contributed by atoms with van der Waals surface area (Å²) >= 11 is 1.56. The van der Waals surface area contributed by atoms with Crippen LogP contribution in [0.3, 0.4) is 0 Å². The zero-order chi connectivity index (χ0) is 7.40. The number of benzene rings is 1. The van der Waals surface area contributed by atoms with Gasteiger partial charge in [-0.3, -0.25) is 0 Å². The predicted octanol–water partition coefficient (Wildman–Crippen LogP) is 0.771. The van der Waals surface area contributed by atoms with Gasteiger partial charge in [0.15, 0.2) is 0 Å². The van der Waals surface area contributed by atoms with Crippen molar-refractivity contribution in [2.75, 3.05) is 0 Å². The van der Waals surface area contributed by atoms with Crippen LogP contribution in [0.1, 0.15) is 11.7 Å². The average molecular weight is 198 g/mol. The van der Waals surface area contributed by atoms with E-state index in [1.54, 1.807) is 16.9 Å². The van der Waals surface area contributed by atoms with Crippen LogP contribution >= 0.6 is 0 Å². The summed E-state index contributed by atoms with van der Waals surface area (Å²) in [5, 5.41) is 10.2. The molecule has 2 atom stereocenters. The molecule has 0 radical (unpaired) electrons. The van der Waals surface area contributed by atoms with Crippen LogP contribution in [0.2, 0.25) is 5.21 Å². The van der Waals surface area contributed by atoms with Crippen molar-refractivity contribution in [1.29, 1.82) is 0 Å². The van der Waals surface area contributed by atoms with Crippen LogP contribution in [0.5, 0.6) is 0 Å². The van der Waals surface area contributed by atoms with Gasteiger partial charge < -0.3 is 0 Å². The fourth-order valence-electron chi connectivity index (χ4n) is 0.811. The molecule has 2 heteroatoms. The van der Waals surface area contributed by atoms with Crippen molar-refractivity contribution in [3.8, 4) is 0 Å². The molecular weight excluding hydrogens is 187 g/mol. The fourth-order valence-corrected chi connectivity index (χ4v) is 1.38. The standard InChI is InChI=1S/C8H11AsO/c9-6-8(10)7-4-2-1-3-5-7/h1-5,8,10H,6,9H2. The van der Waals surface area contributed by atoms with Crippen LogP contribution in [0.25, 0.3) is 0 Å². The van der Waals surface area contributed by atoms with Crippen molar-refractivity contribution >= 4 is 16.9 Å². The van der Waals surface area contributed by atoms with E-state index in [0.29, 0.717) is 0 Å². The van der Waals surface area contributed by atoms with Crippen molar-refractivity contribution in [1.82, 2.24) is 0 Å². The number of rotatable bonds is 2. The van der Waals surface area contributed by atoms with Crippen molar-refractivity contribution in [3.05, 3.63) is 35.9 Å². The quantitative estimate of drug-likeness (QED) is 0.696. The van der Waals surface area contributed by atoms with Gasteiger partial charge in [-0.25, -0.2) is 0 Å². The second-order valence-corrected chi connectivity index (χ2v) is 3.15. The molecule has 0 spiro atoms. The molecule has 1 aromatic carbocycles. The second-order valence-electron chi connectivity index (χ2n) is 2.16. The van der Waals surface area contributed by atoms with Crippen molar-refractivity contribution in [2.45, 2.75) is 11.3 Å². The Hall–Kier alpha value is -0.262. The van der Waals surface area contributed by atoms with Gasteiger partial charge in [-0.05, 0) is 0 Å². The molecule has 2 unspecified atom stereocenters. The third-order valence-electron chi connectivity index (χ3n) is 1.41.